The van der Waals surface area contributed by atoms with Crippen molar-refractivity contribution in [2.45, 2.75) is 70.3 Å². The standard InChI is InChI=1S/C16H24N2O/c17-12-16(9-3-1-2-4-10-16)15(19)18(14-7-8-14)11-13-5-6-13/h13-14H,1-11H2. The van der Waals surface area contributed by atoms with Crippen LogP contribution in [0.25, 0.3) is 0 Å². The summed E-state index contributed by atoms with van der Waals surface area (Å²) in [7, 11) is 0. The number of nitriles is 1. The Morgan fingerprint density at radius 3 is 2.21 bits per heavy atom. The molecule has 3 heteroatoms. The molecule has 0 aliphatic heterocycles. The molecule has 3 rings (SSSR count). The molecule has 0 saturated heterocycles. The molecule has 1 amide bonds. The zero-order valence-corrected chi connectivity index (χ0v) is 11.7. The molecule has 0 unspecified atom stereocenters. The van der Waals surface area contributed by atoms with Gasteiger partial charge in [0.05, 0.1) is 6.07 Å². The van der Waals surface area contributed by atoms with Crippen LogP contribution < -0.4 is 0 Å². The van der Waals surface area contributed by atoms with Crippen molar-refractivity contribution in [2.24, 2.45) is 11.3 Å². The van der Waals surface area contributed by atoms with Crippen LogP contribution in [-0.4, -0.2) is 23.4 Å². The smallest absolute Gasteiger partial charge is 0.243 e. The molecule has 0 spiro atoms. The Morgan fingerprint density at radius 2 is 1.74 bits per heavy atom. The molecule has 3 fully saturated rings. The van der Waals surface area contributed by atoms with Crippen LogP contribution in [0.15, 0.2) is 0 Å². The van der Waals surface area contributed by atoms with Crippen molar-refractivity contribution >= 4 is 5.91 Å². The molecule has 0 radical (unpaired) electrons. The van der Waals surface area contributed by atoms with E-state index >= 15 is 0 Å². The first-order valence-electron chi connectivity index (χ1n) is 7.97. The van der Waals surface area contributed by atoms with Gasteiger partial charge < -0.3 is 4.90 Å². The highest BCUT2D eigenvalue weighted by molar-refractivity contribution is 5.86. The van der Waals surface area contributed by atoms with Crippen LogP contribution in [0, 0.1) is 22.7 Å². The van der Waals surface area contributed by atoms with E-state index in [1.54, 1.807) is 0 Å². The van der Waals surface area contributed by atoms with Gasteiger partial charge in [0.25, 0.3) is 0 Å². The number of amides is 1. The average Bonchev–Trinajstić information content (AvgIpc) is 3.31. The van der Waals surface area contributed by atoms with Gasteiger partial charge in [0.15, 0.2) is 0 Å². The van der Waals surface area contributed by atoms with E-state index in [2.05, 4.69) is 11.0 Å². The average molecular weight is 260 g/mol. The maximum absolute atomic E-state index is 13.0. The molecule has 0 aromatic heterocycles. The molecule has 0 heterocycles. The van der Waals surface area contributed by atoms with E-state index in [1.165, 1.54) is 25.7 Å². The van der Waals surface area contributed by atoms with Gasteiger partial charge in [-0.2, -0.15) is 5.26 Å². The summed E-state index contributed by atoms with van der Waals surface area (Å²) < 4.78 is 0. The maximum Gasteiger partial charge on any atom is 0.243 e. The lowest BCUT2D eigenvalue weighted by Gasteiger charge is -2.32. The Hall–Kier alpha value is -1.04. The van der Waals surface area contributed by atoms with Gasteiger partial charge in [-0.25, -0.2) is 0 Å². The Labute approximate surface area is 116 Å². The topological polar surface area (TPSA) is 44.1 Å². The number of carbonyl (C=O) groups excluding carboxylic acids is 1. The molecule has 0 atom stereocenters. The van der Waals surface area contributed by atoms with E-state index in [9.17, 15) is 10.1 Å². The minimum Gasteiger partial charge on any atom is -0.338 e. The minimum absolute atomic E-state index is 0.173. The summed E-state index contributed by atoms with van der Waals surface area (Å²) in [4.78, 5) is 15.0. The van der Waals surface area contributed by atoms with Crippen LogP contribution in [0.1, 0.15) is 64.2 Å². The van der Waals surface area contributed by atoms with Crippen LogP contribution in [0.2, 0.25) is 0 Å². The van der Waals surface area contributed by atoms with E-state index in [0.29, 0.717) is 6.04 Å². The number of hydrogen-bond acceptors (Lipinski definition) is 2. The third-order valence-electron chi connectivity index (χ3n) is 4.98. The molecule has 3 aliphatic rings. The Bertz CT molecular complexity index is 382. The molecular formula is C16H24N2O. The first-order chi connectivity index (χ1) is 9.25. The van der Waals surface area contributed by atoms with Gasteiger partial charge >= 0.3 is 0 Å². The molecule has 3 nitrogen and oxygen atoms in total. The van der Waals surface area contributed by atoms with Gasteiger partial charge in [-0.3, -0.25) is 4.79 Å². The first-order valence-corrected chi connectivity index (χ1v) is 7.97. The Kier molecular flexibility index (Phi) is 3.52. The van der Waals surface area contributed by atoms with Crippen molar-refractivity contribution in [3.05, 3.63) is 0 Å². The highest BCUT2D eigenvalue weighted by Crippen LogP contribution is 2.41. The maximum atomic E-state index is 13.0. The Balaban J connectivity index is 1.75. The predicted molar refractivity (Wildman–Crippen MR) is 73.2 cm³/mol. The van der Waals surface area contributed by atoms with Gasteiger partial charge in [0.1, 0.15) is 5.41 Å². The lowest BCUT2D eigenvalue weighted by molar-refractivity contribution is -0.140. The van der Waals surface area contributed by atoms with Crippen molar-refractivity contribution in [3.63, 3.8) is 0 Å². The van der Waals surface area contributed by atoms with Crippen molar-refractivity contribution in [2.75, 3.05) is 6.54 Å². The van der Waals surface area contributed by atoms with E-state index in [1.807, 2.05) is 0 Å². The van der Waals surface area contributed by atoms with Gasteiger partial charge in [-0.1, -0.05) is 25.7 Å². The fourth-order valence-corrected chi connectivity index (χ4v) is 3.34. The van der Waals surface area contributed by atoms with Gasteiger partial charge in [0, 0.05) is 12.6 Å². The van der Waals surface area contributed by atoms with Crippen LogP contribution in [-0.2, 0) is 4.79 Å². The highest BCUT2D eigenvalue weighted by Gasteiger charge is 2.46. The normalized spacial score (nSPS) is 26.3. The van der Waals surface area contributed by atoms with Crippen LogP contribution in [0.3, 0.4) is 0 Å². The number of hydrogen-bond donors (Lipinski definition) is 0. The van der Waals surface area contributed by atoms with E-state index in [-0.39, 0.29) is 5.91 Å². The number of rotatable bonds is 4. The molecule has 0 aromatic carbocycles. The predicted octanol–water partition coefficient (Wildman–Crippen LogP) is 3.25. The summed E-state index contributed by atoms with van der Waals surface area (Å²) in [5.41, 5.74) is -0.687. The van der Waals surface area contributed by atoms with Crippen molar-refractivity contribution < 1.29 is 4.79 Å². The molecule has 3 saturated carbocycles. The van der Waals surface area contributed by atoms with Gasteiger partial charge in [-0.15, -0.1) is 0 Å². The van der Waals surface area contributed by atoms with Gasteiger partial charge in [-0.05, 0) is 44.4 Å². The van der Waals surface area contributed by atoms with Crippen LogP contribution in [0.5, 0.6) is 0 Å². The summed E-state index contributed by atoms with van der Waals surface area (Å²) in [6, 6.07) is 2.88. The molecule has 0 aromatic rings. The second kappa shape index (κ2) is 5.15. The summed E-state index contributed by atoms with van der Waals surface area (Å²) in [6.45, 7) is 0.924. The molecule has 104 valence electrons. The van der Waals surface area contributed by atoms with Crippen molar-refractivity contribution in [3.8, 4) is 6.07 Å². The zero-order valence-electron chi connectivity index (χ0n) is 11.7. The number of nitrogens with zero attached hydrogens (tertiary/aromatic N) is 2. The molecular weight excluding hydrogens is 236 g/mol. The van der Waals surface area contributed by atoms with Crippen molar-refractivity contribution in [1.29, 1.82) is 5.26 Å². The third-order valence-corrected chi connectivity index (χ3v) is 4.98. The summed E-state index contributed by atoms with van der Waals surface area (Å²) in [5, 5.41) is 9.64. The molecule has 0 N–H and O–H groups in total. The summed E-state index contributed by atoms with van der Waals surface area (Å²) >= 11 is 0. The Morgan fingerprint density at radius 1 is 1.11 bits per heavy atom. The summed E-state index contributed by atoms with van der Waals surface area (Å²) in [5.74, 6) is 0.900. The van der Waals surface area contributed by atoms with Crippen LogP contribution >= 0.6 is 0 Å². The second-order valence-electron chi connectivity index (χ2n) is 6.74. The molecule has 3 aliphatic carbocycles. The van der Waals surface area contributed by atoms with E-state index < -0.39 is 5.41 Å². The fraction of sp³-hybridized carbons (Fsp3) is 0.875. The molecule has 19 heavy (non-hydrogen) atoms. The monoisotopic (exact) mass is 260 g/mol. The summed E-state index contributed by atoms with van der Waals surface area (Å²) in [6.07, 6.45) is 10.9. The quantitative estimate of drug-likeness (QED) is 0.728. The van der Waals surface area contributed by atoms with E-state index in [4.69, 9.17) is 0 Å². The SMILES string of the molecule is N#CC1(C(=O)N(CC2CC2)C2CC2)CCCCCC1. The van der Waals surface area contributed by atoms with Crippen molar-refractivity contribution in [1.82, 2.24) is 4.90 Å². The van der Waals surface area contributed by atoms with E-state index in [0.717, 1.165) is 51.0 Å². The third kappa shape index (κ3) is 2.78. The second-order valence-corrected chi connectivity index (χ2v) is 6.74. The fourth-order valence-electron chi connectivity index (χ4n) is 3.34. The lowest BCUT2D eigenvalue weighted by Crippen LogP contribution is -2.45. The largest absolute Gasteiger partial charge is 0.338 e. The highest BCUT2D eigenvalue weighted by atomic mass is 16.2. The molecule has 0 bridgehead atoms. The van der Waals surface area contributed by atoms with Gasteiger partial charge in [0.2, 0.25) is 5.91 Å². The lowest BCUT2D eigenvalue weighted by atomic mass is 9.80. The zero-order chi connectivity index (χ0) is 13.3. The first kappa shape index (κ1) is 13.0. The van der Waals surface area contributed by atoms with Crippen LogP contribution in [0.4, 0.5) is 0 Å². The minimum atomic E-state index is -0.687. The number of carbonyl (C=O) groups is 1.